The number of aryl methyl sites for hydroxylation is 1. The maximum absolute atomic E-state index is 12.1. The minimum atomic E-state index is -4.68. The number of rotatable bonds is 2. The van der Waals surface area contributed by atoms with E-state index in [9.17, 15) is 13.2 Å². The Kier molecular flexibility index (Phi) is 3.60. The van der Waals surface area contributed by atoms with Gasteiger partial charge in [0, 0.05) is 11.4 Å². The standard InChI is InChI=1S/C16H11ClF3NO/c1-9-6-14-11(7-13(9)17)8-15(21-14)10-2-4-12(5-3-10)22-16(18,19)20/h2-7H,8H2,1H3. The highest BCUT2D eigenvalue weighted by molar-refractivity contribution is 6.31. The van der Waals surface area contributed by atoms with E-state index in [1.54, 1.807) is 12.1 Å². The summed E-state index contributed by atoms with van der Waals surface area (Å²) in [5, 5.41) is 0.684. The Balaban J connectivity index is 1.83. The molecule has 0 aromatic heterocycles. The van der Waals surface area contributed by atoms with E-state index in [1.165, 1.54) is 12.1 Å². The first kappa shape index (κ1) is 14.9. The van der Waals surface area contributed by atoms with Gasteiger partial charge < -0.3 is 4.74 Å². The second-order valence-corrected chi connectivity index (χ2v) is 5.44. The number of benzene rings is 2. The lowest BCUT2D eigenvalue weighted by molar-refractivity contribution is -0.274. The molecule has 2 aromatic rings. The predicted molar refractivity (Wildman–Crippen MR) is 79.2 cm³/mol. The summed E-state index contributed by atoms with van der Waals surface area (Å²) in [7, 11) is 0. The van der Waals surface area contributed by atoms with Crippen LogP contribution in [0.15, 0.2) is 41.4 Å². The molecule has 1 aliphatic rings. The first-order valence-corrected chi connectivity index (χ1v) is 6.92. The second-order valence-electron chi connectivity index (χ2n) is 5.04. The molecule has 0 saturated heterocycles. The van der Waals surface area contributed by atoms with Crippen LogP contribution in [0.2, 0.25) is 5.02 Å². The van der Waals surface area contributed by atoms with Gasteiger partial charge in [-0.1, -0.05) is 11.6 Å². The van der Waals surface area contributed by atoms with Gasteiger partial charge in [0.2, 0.25) is 0 Å². The fraction of sp³-hybridized carbons (Fsp3) is 0.188. The molecule has 0 fully saturated rings. The van der Waals surface area contributed by atoms with Crippen LogP contribution in [-0.2, 0) is 6.42 Å². The fourth-order valence-electron chi connectivity index (χ4n) is 2.33. The van der Waals surface area contributed by atoms with Gasteiger partial charge in [-0.15, -0.1) is 13.2 Å². The summed E-state index contributed by atoms with van der Waals surface area (Å²) in [6, 6.07) is 9.50. The lowest BCUT2D eigenvalue weighted by Crippen LogP contribution is -2.17. The Morgan fingerprint density at radius 3 is 2.45 bits per heavy atom. The zero-order chi connectivity index (χ0) is 15.9. The molecule has 0 aliphatic carbocycles. The smallest absolute Gasteiger partial charge is 0.406 e. The highest BCUT2D eigenvalue weighted by atomic mass is 35.5. The summed E-state index contributed by atoms with van der Waals surface area (Å²) in [6.45, 7) is 1.90. The van der Waals surface area contributed by atoms with E-state index in [-0.39, 0.29) is 5.75 Å². The molecule has 0 radical (unpaired) electrons. The van der Waals surface area contributed by atoms with Crippen LogP contribution in [0.1, 0.15) is 16.7 Å². The van der Waals surface area contributed by atoms with Crippen molar-refractivity contribution in [1.29, 1.82) is 0 Å². The van der Waals surface area contributed by atoms with Crippen molar-refractivity contribution in [2.45, 2.75) is 19.7 Å². The van der Waals surface area contributed by atoms with E-state index in [0.717, 1.165) is 28.1 Å². The monoisotopic (exact) mass is 325 g/mol. The van der Waals surface area contributed by atoms with Gasteiger partial charge in [0.1, 0.15) is 5.75 Å². The minimum Gasteiger partial charge on any atom is -0.406 e. The summed E-state index contributed by atoms with van der Waals surface area (Å²) < 4.78 is 40.3. The maximum Gasteiger partial charge on any atom is 0.573 e. The van der Waals surface area contributed by atoms with Crippen molar-refractivity contribution >= 4 is 23.0 Å². The van der Waals surface area contributed by atoms with Crippen molar-refractivity contribution < 1.29 is 17.9 Å². The number of hydrogen-bond donors (Lipinski definition) is 0. The molecule has 0 spiro atoms. The molecule has 2 nitrogen and oxygen atoms in total. The van der Waals surface area contributed by atoms with Crippen molar-refractivity contribution in [2.75, 3.05) is 0 Å². The molecular formula is C16H11ClF3NO. The summed E-state index contributed by atoms with van der Waals surface area (Å²) in [5.41, 5.74) is 4.38. The van der Waals surface area contributed by atoms with Crippen LogP contribution in [0.4, 0.5) is 18.9 Å². The predicted octanol–water partition coefficient (Wildman–Crippen LogP) is 5.22. The van der Waals surface area contributed by atoms with Crippen molar-refractivity contribution in [3.05, 3.63) is 58.1 Å². The topological polar surface area (TPSA) is 21.6 Å². The van der Waals surface area contributed by atoms with Gasteiger partial charge in [-0.2, -0.15) is 0 Å². The Morgan fingerprint density at radius 1 is 1.14 bits per heavy atom. The zero-order valence-electron chi connectivity index (χ0n) is 11.5. The molecule has 0 unspecified atom stereocenters. The zero-order valence-corrected chi connectivity index (χ0v) is 12.3. The van der Waals surface area contributed by atoms with Crippen LogP contribution >= 0.6 is 11.6 Å². The fourth-order valence-corrected chi connectivity index (χ4v) is 2.52. The van der Waals surface area contributed by atoms with Crippen LogP contribution in [0.5, 0.6) is 5.75 Å². The van der Waals surface area contributed by atoms with E-state index in [2.05, 4.69) is 9.73 Å². The lowest BCUT2D eigenvalue weighted by atomic mass is 10.0. The molecule has 0 N–H and O–H groups in total. The van der Waals surface area contributed by atoms with E-state index in [0.29, 0.717) is 11.4 Å². The normalized spacial score (nSPS) is 13.8. The van der Waals surface area contributed by atoms with Crippen LogP contribution in [-0.4, -0.2) is 12.1 Å². The third-order valence-electron chi connectivity index (χ3n) is 3.39. The Hall–Kier alpha value is -2.01. The Morgan fingerprint density at radius 2 is 1.82 bits per heavy atom. The molecule has 22 heavy (non-hydrogen) atoms. The Labute approximate surface area is 130 Å². The second kappa shape index (κ2) is 5.32. The number of ether oxygens (including phenoxy) is 1. The molecule has 1 aliphatic heterocycles. The van der Waals surface area contributed by atoms with Gasteiger partial charge in [0.15, 0.2) is 0 Å². The first-order valence-electron chi connectivity index (χ1n) is 6.54. The molecule has 2 aromatic carbocycles. The minimum absolute atomic E-state index is 0.244. The van der Waals surface area contributed by atoms with E-state index >= 15 is 0 Å². The molecule has 0 bridgehead atoms. The number of fused-ring (bicyclic) bond motifs is 1. The van der Waals surface area contributed by atoms with Crippen LogP contribution in [0, 0.1) is 6.92 Å². The van der Waals surface area contributed by atoms with Gasteiger partial charge in [-0.05, 0) is 60.0 Å². The van der Waals surface area contributed by atoms with Crippen LogP contribution < -0.4 is 4.74 Å². The SMILES string of the molecule is Cc1cc2c(cc1Cl)CC(c1ccc(OC(F)(F)F)cc1)=N2. The van der Waals surface area contributed by atoms with Crippen molar-refractivity contribution in [2.24, 2.45) is 4.99 Å². The Bertz CT molecular complexity index is 751. The number of nitrogens with zero attached hydrogens (tertiary/aromatic N) is 1. The third-order valence-corrected chi connectivity index (χ3v) is 3.80. The molecule has 114 valence electrons. The molecule has 0 atom stereocenters. The highest BCUT2D eigenvalue weighted by Crippen LogP contribution is 2.33. The number of alkyl halides is 3. The van der Waals surface area contributed by atoms with E-state index in [1.807, 2.05) is 19.1 Å². The average molecular weight is 326 g/mol. The maximum atomic E-state index is 12.1. The largest absolute Gasteiger partial charge is 0.573 e. The molecule has 0 amide bonds. The lowest BCUT2D eigenvalue weighted by Gasteiger charge is -2.09. The highest BCUT2D eigenvalue weighted by Gasteiger charge is 2.31. The van der Waals surface area contributed by atoms with E-state index < -0.39 is 6.36 Å². The number of aliphatic imine (C=N–C) groups is 1. The number of hydrogen-bond acceptors (Lipinski definition) is 2. The van der Waals surface area contributed by atoms with Crippen molar-refractivity contribution in [3.63, 3.8) is 0 Å². The molecule has 0 saturated carbocycles. The van der Waals surface area contributed by atoms with Crippen molar-refractivity contribution in [1.82, 2.24) is 0 Å². The third kappa shape index (κ3) is 3.09. The van der Waals surface area contributed by atoms with E-state index in [4.69, 9.17) is 11.6 Å². The number of halogens is 4. The average Bonchev–Trinajstić information content (AvgIpc) is 2.81. The van der Waals surface area contributed by atoms with Crippen LogP contribution in [0.25, 0.3) is 0 Å². The van der Waals surface area contributed by atoms with Gasteiger partial charge in [-0.3, -0.25) is 4.99 Å². The van der Waals surface area contributed by atoms with Gasteiger partial charge >= 0.3 is 6.36 Å². The first-order chi connectivity index (χ1) is 10.3. The summed E-state index contributed by atoms with van der Waals surface area (Å²) in [5.74, 6) is -0.244. The summed E-state index contributed by atoms with van der Waals surface area (Å²) in [6.07, 6.45) is -4.08. The van der Waals surface area contributed by atoms with Gasteiger partial charge in [0.25, 0.3) is 0 Å². The van der Waals surface area contributed by atoms with Gasteiger partial charge in [0.05, 0.1) is 11.4 Å². The molecular weight excluding hydrogens is 315 g/mol. The molecule has 6 heteroatoms. The van der Waals surface area contributed by atoms with Gasteiger partial charge in [-0.25, -0.2) is 0 Å². The summed E-state index contributed by atoms with van der Waals surface area (Å²) in [4.78, 5) is 4.52. The quantitative estimate of drug-likeness (QED) is 0.741. The molecule has 1 heterocycles. The van der Waals surface area contributed by atoms with Crippen molar-refractivity contribution in [3.8, 4) is 5.75 Å². The molecule has 3 rings (SSSR count). The van der Waals surface area contributed by atoms with Crippen LogP contribution in [0.3, 0.4) is 0 Å². The summed E-state index contributed by atoms with van der Waals surface area (Å²) >= 11 is 6.09.